The number of hydrogen-bond donors (Lipinski definition) is 1. The van der Waals surface area contributed by atoms with E-state index in [0.29, 0.717) is 12.5 Å². The predicted molar refractivity (Wildman–Crippen MR) is 67.0 cm³/mol. The van der Waals surface area contributed by atoms with Gasteiger partial charge in [0.15, 0.2) is 0 Å². The molecule has 0 bridgehead atoms. The van der Waals surface area contributed by atoms with Crippen LogP contribution in [0.3, 0.4) is 0 Å². The Hall–Kier alpha value is -0.120. The highest BCUT2D eigenvalue weighted by atomic mass is 16.5. The summed E-state index contributed by atoms with van der Waals surface area (Å²) in [5, 5.41) is 10.5. The summed E-state index contributed by atoms with van der Waals surface area (Å²) in [4.78, 5) is 0. The van der Waals surface area contributed by atoms with Gasteiger partial charge in [-0.2, -0.15) is 0 Å². The standard InChI is InChI=1S/C14H26O3/c1-4-16-13(2,3)12(15)11-6-9-17-14(10-11)7-5-8-14/h11-12,15H,4-10H2,1-3H3. The summed E-state index contributed by atoms with van der Waals surface area (Å²) in [6.45, 7) is 7.41. The van der Waals surface area contributed by atoms with Gasteiger partial charge in [-0.15, -0.1) is 0 Å². The van der Waals surface area contributed by atoms with Gasteiger partial charge in [-0.1, -0.05) is 0 Å². The minimum atomic E-state index is -0.443. The molecule has 2 atom stereocenters. The van der Waals surface area contributed by atoms with E-state index in [-0.39, 0.29) is 11.7 Å². The van der Waals surface area contributed by atoms with Gasteiger partial charge in [0.25, 0.3) is 0 Å². The van der Waals surface area contributed by atoms with Crippen LogP contribution in [0.2, 0.25) is 0 Å². The SMILES string of the molecule is CCOC(C)(C)C(O)C1CCOC2(CCC2)C1. The smallest absolute Gasteiger partial charge is 0.0886 e. The van der Waals surface area contributed by atoms with Gasteiger partial charge in [-0.3, -0.25) is 0 Å². The van der Waals surface area contributed by atoms with E-state index >= 15 is 0 Å². The second-order valence-electron chi connectivity index (χ2n) is 6.12. The first-order chi connectivity index (χ1) is 7.99. The summed E-state index contributed by atoms with van der Waals surface area (Å²) in [7, 11) is 0. The summed E-state index contributed by atoms with van der Waals surface area (Å²) < 4.78 is 11.6. The molecule has 1 aliphatic carbocycles. The molecule has 100 valence electrons. The zero-order valence-electron chi connectivity index (χ0n) is 11.4. The molecule has 3 heteroatoms. The molecule has 1 saturated heterocycles. The van der Waals surface area contributed by atoms with Crippen molar-refractivity contribution in [3.8, 4) is 0 Å². The van der Waals surface area contributed by atoms with E-state index in [9.17, 15) is 5.11 Å². The largest absolute Gasteiger partial charge is 0.390 e. The van der Waals surface area contributed by atoms with Gasteiger partial charge in [0.05, 0.1) is 17.3 Å². The fourth-order valence-corrected chi connectivity index (χ4v) is 3.28. The van der Waals surface area contributed by atoms with Crippen molar-refractivity contribution in [2.45, 2.75) is 70.2 Å². The highest BCUT2D eigenvalue weighted by Crippen LogP contribution is 2.46. The zero-order valence-corrected chi connectivity index (χ0v) is 11.4. The molecule has 1 saturated carbocycles. The second-order valence-corrected chi connectivity index (χ2v) is 6.12. The lowest BCUT2D eigenvalue weighted by atomic mass is 9.69. The Morgan fingerprint density at radius 2 is 2.18 bits per heavy atom. The van der Waals surface area contributed by atoms with Crippen LogP contribution in [0.5, 0.6) is 0 Å². The molecule has 2 fully saturated rings. The van der Waals surface area contributed by atoms with Crippen molar-refractivity contribution in [3.63, 3.8) is 0 Å². The van der Waals surface area contributed by atoms with Crippen LogP contribution in [0.1, 0.15) is 52.9 Å². The second kappa shape index (κ2) is 4.87. The van der Waals surface area contributed by atoms with Crippen LogP contribution < -0.4 is 0 Å². The molecule has 1 aliphatic heterocycles. The van der Waals surface area contributed by atoms with E-state index in [1.165, 1.54) is 19.3 Å². The topological polar surface area (TPSA) is 38.7 Å². The van der Waals surface area contributed by atoms with Crippen molar-refractivity contribution < 1.29 is 14.6 Å². The van der Waals surface area contributed by atoms with Gasteiger partial charge in [-0.05, 0) is 58.8 Å². The highest BCUT2D eigenvalue weighted by Gasteiger charge is 2.46. The normalized spacial score (nSPS) is 30.0. The van der Waals surface area contributed by atoms with Gasteiger partial charge in [0.1, 0.15) is 0 Å². The predicted octanol–water partition coefficient (Wildman–Crippen LogP) is 2.51. The zero-order chi connectivity index (χ0) is 12.5. The lowest BCUT2D eigenvalue weighted by molar-refractivity contribution is -0.184. The number of hydrogen-bond acceptors (Lipinski definition) is 3. The number of aliphatic hydroxyl groups is 1. The first-order valence-corrected chi connectivity index (χ1v) is 6.95. The maximum absolute atomic E-state index is 10.5. The van der Waals surface area contributed by atoms with Crippen molar-refractivity contribution in [3.05, 3.63) is 0 Å². The van der Waals surface area contributed by atoms with Crippen molar-refractivity contribution in [1.29, 1.82) is 0 Å². The molecular formula is C14H26O3. The molecule has 3 nitrogen and oxygen atoms in total. The molecule has 1 spiro atoms. The summed E-state index contributed by atoms with van der Waals surface area (Å²) in [6, 6.07) is 0. The Morgan fingerprint density at radius 3 is 2.71 bits per heavy atom. The Kier molecular flexibility index (Phi) is 3.81. The van der Waals surface area contributed by atoms with Crippen LogP contribution in [0.25, 0.3) is 0 Å². The Balaban J connectivity index is 1.96. The lowest BCUT2D eigenvalue weighted by Crippen LogP contribution is -2.52. The average Bonchev–Trinajstić information content (AvgIpc) is 2.26. The van der Waals surface area contributed by atoms with Crippen molar-refractivity contribution in [2.75, 3.05) is 13.2 Å². The van der Waals surface area contributed by atoms with Gasteiger partial charge in [0.2, 0.25) is 0 Å². The van der Waals surface area contributed by atoms with Crippen LogP contribution in [0.15, 0.2) is 0 Å². The fourth-order valence-electron chi connectivity index (χ4n) is 3.28. The third-order valence-electron chi connectivity index (χ3n) is 4.47. The first kappa shape index (κ1) is 13.3. The van der Waals surface area contributed by atoms with Gasteiger partial charge in [-0.25, -0.2) is 0 Å². The van der Waals surface area contributed by atoms with Gasteiger partial charge >= 0.3 is 0 Å². The van der Waals surface area contributed by atoms with Gasteiger partial charge < -0.3 is 14.6 Å². The van der Waals surface area contributed by atoms with Crippen molar-refractivity contribution in [2.24, 2.45) is 5.92 Å². The molecule has 0 aromatic rings. The van der Waals surface area contributed by atoms with Crippen LogP contribution in [-0.2, 0) is 9.47 Å². The molecule has 0 radical (unpaired) electrons. The third-order valence-corrected chi connectivity index (χ3v) is 4.47. The Morgan fingerprint density at radius 1 is 1.47 bits per heavy atom. The number of aliphatic hydroxyl groups excluding tert-OH is 1. The van der Waals surface area contributed by atoms with E-state index in [4.69, 9.17) is 9.47 Å². The van der Waals surface area contributed by atoms with Crippen LogP contribution in [0, 0.1) is 5.92 Å². The Bertz CT molecular complexity index is 258. The molecule has 2 aliphatic rings. The van der Waals surface area contributed by atoms with E-state index in [1.54, 1.807) is 0 Å². The average molecular weight is 242 g/mol. The van der Waals surface area contributed by atoms with E-state index in [0.717, 1.165) is 19.4 Å². The molecule has 2 unspecified atom stereocenters. The summed E-state index contributed by atoms with van der Waals surface area (Å²) in [5.41, 5.74) is -0.339. The molecule has 17 heavy (non-hydrogen) atoms. The molecular weight excluding hydrogens is 216 g/mol. The monoisotopic (exact) mass is 242 g/mol. The minimum absolute atomic E-state index is 0.103. The Labute approximate surface area is 104 Å². The summed E-state index contributed by atoms with van der Waals surface area (Å²) in [5.74, 6) is 0.325. The first-order valence-electron chi connectivity index (χ1n) is 6.95. The molecule has 0 amide bonds. The van der Waals surface area contributed by atoms with Crippen molar-refractivity contribution >= 4 is 0 Å². The van der Waals surface area contributed by atoms with Crippen LogP contribution in [0.4, 0.5) is 0 Å². The number of rotatable bonds is 4. The molecule has 0 aromatic carbocycles. The minimum Gasteiger partial charge on any atom is -0.390 e. The summed E-state index contributed by atoms with van der Waals surface area (Å²) in [6.07, 6.45) is 5.20. The maximum atomic E-state index is 10.5. The molecule has 0 aromatic heterocycles. The summed E-state index contributed by atoms with van der Waals surface area (Å²) >= 11 is 0. The van der Waals surface area contributed by atoms with E-state index in [1.807, 2.05) is 20.8 Å². The highest BCUT2D eigenvalue weighted by molar-refractivity contribution is 4.98. The third kappa shape index (κ3) is 2.67. The van der Waals surface area contributed by atoms with E-state index < -0.39 is 5.60 Å². The van der Waals surface area contributed by atoms with E-state index in [2.05, 4.69) is 0 Å². The van der Waals surface area contributed by atoms with Crippen LogP contribution in [-0.4, -0.2) is 35.6 Å². The van der Waals surface area contributed by atoms with Crippen molar-refractivity contribution in [1.82, 2.24) is 0 Å². The molecule has 1 N–H and O–H groups in total. The molecule has 1 heterocycles. The number of ether oxygens (including phenoxy) is 2. The molecule has 2 rings (SSSR count). The quantitative estimate of drug-likeness (QED) is 0.823. The van der Waals surface area contributed by atoms with Crippen LogP contribution >= 0.6 is 0 Å². The fraction of sp³-hybridized carbons (Fsp3) is 1.00. The lowest BCUT2D eigenvalue weighted by Gasteiger charge is -2.49. The van der Waals surface area contributed by atoms with Gasteiger partial charge in [0, 0.05) is 13.2 Å². The maximum Gasteiger partial charge on any atom is 0.0886 e.